The van der Waals surface area contributed by atoms with Gasteiger partial charge in [-0.25, -0.2) is 4.79 Å². The van der Waals surface area contributed by atoms with Gasteiger partial charge in [-0.3, -0.25) is 0 Å². The van der Waals surface area contributed by atoms with E-state index in [1.807, 2.05) is 12.1 Å². The standard InChI is InChI=1S/C16H24N2O2/c1-18(2)16(9-3-4-10-16)12-17-11-13-5-7-14(8-6-13)15(19)20/h5-8,17H,3-4,9-12H2,1-2H3,(H,19,20). The molecule has 0 heterocycles. The van der Waals surface area contributed by atoms with Gasteiger partial charge in [0, 0.05) is 18.6 Å². The van der Waals surface area contributed by atoms with Gasteiger partial charge in [-0.15, -0.1) is 0 Å². The predicted molar refractivity (Wildman–Crippen MR) is 80.0 cm³/mol. The molecule has 20 heavy (non-hydrogen) atoms. The molecule has 4 nitrogen and oxygen atoms in total. The van der Waals surface area contributed by atoms with E-state index in [1.54, 1.807) is 12.1 Å². The maximum Gasteiger partial charge on any atom is 0.335 e. The number of hydrogen-bond acceptors (Lipinski definition) is 3. The summed E-state index contributed by atoms with van der Waals surface area (Å²) in [5.41, 5.74) is 1.76. The van der Waals surface area contributed by atoms with Gasteiger partial charge in [0.15, 0.2) is 0 Å². The van der Waals surface area contributed by atoms with Crippen molar-refractivity contribution in [3.05, 3.63) is 35.4 Å². The van der Waals surface area contributed by atoms with Crippen molar-refractivity contribution in [1.82, 2.24) is 10.2 Å². The van der Waals surface area contributed by atoms with Crippen LogP contribution in [-0.4, -0.2) is 42.2 Å². The number of carbonyl (C=O) groups is 1. The largest absolute Gasteiger partial charge is 0.478 e. The fraction of sp³-hybridized carbons (Fsp3) is 0.562. The van der Waals surface area contributed by atoms with Crippen LogP contribution in [0.1, 0.15) is 41.6 Å². The van der Waals surface area contributed by atoms with Crippen LogP contribution in [0.4, 0.5) is 0 Å². The molecule has 0 radical (unpaired) electrons. The summed E-state index contributed by atoms with van der Waals surface area (Å²) in [6, 6.07) is 7.09. The molecule has 0 unspecified atom stereocenters. The number of carboxylic acid groups (broad SMARTS) is 1. The molecule has 0 bridgehead atoms. The summed E-state index contributed by atoms with van der Waals surface area (Å²) in [4.78, 5) is 13.1. The lowest BCUT2D eigenvalue weighted by atomic mass is 9.96. The zero-order valence-corrected chi connectivity index (χ0v) is 12.4. The summed E-state index contributed by atoms with van der Waals surface area (Å²) in [7, 11) is 4.32. The van der Waals surface area contributed by atoms with Crippen molar-refractivity contribution in [3.8, 4) is 0 Å². The van der Waals surface area contributed by atoms with Crippen LogP contribution in [-0.2, 0) is 6.54 Å². The first-order chi connectivity index (χ1) is 9.53. The number of nitrogens with zero attached hydrogens (tertiary/aromatic N) is 1. The van der Waals surface area contributed by atoms with Crippen molar-refractivity contribution in [2.24, 2.45) is 0 Å². The first-order valence-corrected chi connectivity index (χ1v) is 7.24. The minimum absolute atomic E-state index is 0.293. The normalized spacial score (nSPS) is 17.6. The second-order valence-electron chi connectivity index (χ2n) is 5.93. The Morgan fingerprint density at radius 2 is 1.85 bits per heavy atom. The number of rotatable bonds is 6. The quantitative estimate of drug-likeness (QED) is 0.837. The van der Waals surface area contributed by atoms with Crippen LogP contribution in [0.2, 0.25) is 0 Å². The number of hydrogen-bond donors (Lipinski definition) is 2. The third-order valence-corrected chi connectivity index (χ3v) is 4.47. The molecule has 1 aliphatic carbocycles. The molecule has 1 aromatic rings. The van der Waals surface area contributed by atoms with Crippen LogP contribution in [0.3, 0.4) is 0 Å². The van der Waals surface area contributed by atoms with E-state index in [-0.39, 0.29) is 0 Å². The molecule has 0 aromatic heterocycles. The SMILES string of the molecule is CN(C)C1(CNCc2ccc(C(=O)O)cc2)CCCC1. The van der Waals surface area contributed by atoms with E-state index in [4.69, 9.17) is 5.11 Å². The number of nitrogens with one attached hydrogen (secondary N) is 1. The van der Waals surface area contributed by atoms with Gasteiger partial charge in [0.25, 0.3) is 0 Å². The van der Waals surface area contributed by atoms with Crippen LogP contribution in [0.15, 0.2) is 24.3 Å². The number of carboxylic acids is 1. The molecule has 110 valence electrons. The predicted octanol–water partition coefficient (Wildman–Crippen LogP) is 2.35. The topological polar surface area (TPSA) is 52.6 Å². The number of benzene rings is 1. The highest BCUT2D eigenvalue weighted by molar-refractivity contribution is 5.87. The van der Waals surface area contributed by atoms with Gasteiger partial charge in [0.05, 0.1) is 5.56 Å². The Balaban J connectivity index is 1.87. The highest BCUT2D eigenvalue weighted by Gasteiger charge is 2.35. The molecular weight excluding hydrogens is 252 g/mol. The third-order valence-electron chi connectivity index (χ3n) is 4.47. The molecule has 0 aliphatic heterocycles. The number of likely N-dealkylation sites (N-methyl/N-ethyl adjacent to an activating group) is 1. The maximum atomic E-state index is 10.8. The van der Waals surface area contributed by atoms with Crippen molar-refractivity contribution in [3.63, 3.8) is 0 Å². The lowest BCUT2D eigenvalue weighted by Crippen LogP contribution is -2.49. The van der Waals surface area contributed by atoms with Crippen LogP contribution in [0.5, 0.6) is 0 Å². The molecule has 0 atom stereocenters. The van der Waals surface area contributed by atoms with E-state index in [1.165, 1.54) is 25.7 Å². The second-order valence-corrected chi connectivity index (χ2v) is 5.93. The first-order valence-electron chi connectivity index (χ1n) is 7.24. The van der Waals surface area contributed by atoms with Crippen molar-refractivity contribution in [1.29, 1.82) is 0 Å². The smallest absolute Gasteiger partial charge is 0.335 e. The fourth-order valence-corrected chi connectivity index (χ4v) is 3.02. The summed E-state index contributed by atoms with van der Waals surface area (Å²) >= 11 is 0. The van der Waals surface area contributed by atoms with Gasteiger partial charge >= 0.3 is 5.97 Å². The fourth-order valence-electron chi connectivity index (χ4n) is 3.02. The van der Waals surface area contributed by atoms with Crippen LogP contribution in [0, 0.1) is 0 Å². The van der Waals surface area contributed by atoms with E-state index in [2.05, 4.69) is 24.3 Å². The third kappa shape index (κ3) is 3.38. The first kappa shape index (κ1) is 15.0. The Kier molecular flexibility index (Phi) is 4.78. The molecule has 1 aliphatic rings. The second kappa shape index (κ2) is 6.37. The lowest BCUT2D eigenvalue weighted by molar-refractivity contribution is 0.0697. The maximum absolute atomic E-state index is 10.8. The van der Waals surface area contributed by atoms with Crippen LogP contribution < -0.4 is 5.32 Å². The van der Waals surface area contributed by atoms with Crippen molar-refractivity contribution >= 4 is 5.97 Å². The monoisotopic (exact) mass is 276 g/mol. The Morgan fingerprint density at radius 3 is 2.35 bits per heavy atom. The van der Waals surface area contributed by atoms with Crippen molar-refractivity contribution in [2.45, 2.75) is 37.8 Å². The highest BCUT2D eigenvalue weighted by atomic mass is 16.4. The molecular formula is C16H24N2O2. The minimum atomic E-state index is -0.873. The summed E-state index contributed by atoms with van der Waals surface area (Å²) in [5.74, 6) is -0.873. The minimum Gasteiger partial charge on any atom is -0.478 e. The van der Waals surface area contributed by atoms with Crippen LogP contribution >= 0.6 is 0 Å². The molecule has 2 rings (SSSR count). The van der Waals surface area contributed by atoms with Gasteiger partial charge in [0.2, 0.25) is 0 Å². The van der Waals surface area contributed by atoms with E-state index >= 15 is 0 Å². The van der Waals surface area contributed by atoms with Gasteiger partial charge in [-0.2, -0.15) is 0 Å². The zero-order chi connectivity index (χ0) is 14.6. The number of aromatic carboxylic acids is 1. The summed E-state index contributed by atoms with van der Waals surface area (Å²) in [5, 5.41) is 12.4. The Morgan fingerprint density at radius 1 is 1.25 bits per heavy atom. The average Bonchev–Trinajstić information content (AvgIpc) is 2.89. The summed E-state index contributed by atoms with van der Waals surface area (Å²) in [6.07, 6.45) is 5.14. The Hall–Kier alpha value is -1.39. The average molecular weight is 276 g/mol. The van der Waals surface area contributed by atoms with Gasteiger partial charge in [0.1, 0.15) is 0 Å². The van der Waals surface area contributed by atoms with E-state index in [0.717, 1.165) is 18.7 Å². The Bertz CT molecular complexity index is 448. The molecule has 1 fully saturated rings. The molecule has 0 amide bonds. The summed E-state index contributed by atoms with van der Waals surface area (Å²) in [6.45, 7) is 1.77. The van der Waals surface area contributed by atoms with Gasteiger partial charge < -0.3 is 15.3 Å². The van der Waals surface area contributed by atoms with E-state index in [9.17, 15) is 4.79 Å². The molecule has 1 saturated carbocycles. The highest BCUT2D eigenvalue weighted by Crippen LogP contribution is 2.33. The van der Waals surface area contributed by atoms with Gasteiger partial charge in [-0.1, -0.05) is 25.0 Å². The summed E-state index contributed by atoms with van der Waals surface area (Å²) < 4.78 is 0. The van der Waals surface area contributed by atoms with E-state index in [0.29, 0.717) is 11.1 Å². The molecule has 4 heteroatoms. The van der Waals surface area contributed by atoms with E-state index < -0.39 is 5.97 Å². The Labute approximate surface area is 120 Å². The zero-order valence-electron chi connectivity index (χ0n) is 12.4. The molecule has 2 N–H and O–H groups in total. The van der Waals surface area contributed by atoms with Gasteiger partial charge in [-0.05, 0) is 44.6 Å². The molecule has 0 saturated heterocycles. The van der Waals surface area contributed by atoms with Crippen LogP contribution in [0.25, 0.3) is 0 Å². The van der Waals surface area contributed by atoms with Crippen molar-refractivity contribution in [2.75, 3.05) is 20.6 Å². The molecule has 0 spiro atoms. The molecule has 1 aromatic carbocycles. The van der Waals surface area contributed by atoms with Crippen molar-refractivity contribution < 1.29 is 9.90 Å². The lowest BCUT2D eigenvalue weighted by Gasteiger charge is -2.36.